The first-order valence-electron chi connectivity index (χ1n) is 24.3. The maximum Gasteiger partial charge on any atom is 0.406 e. The number of hydrogen-bond donors (Lipinski definition) is 1. The summed E-state index contributed by atoms with van der Waals surface area (Å²) < 4.78 is 111. The normalized spacial score (nSPS) is 14.9. The number of para-hydroxylation sites is 6. The molecule has 0 unspecified atom stereocenters. The standard InChI is InChI=1S/2C17H13ClF3N5O.C15H12ClN5O.C2H2F3I/c2*18-14-13(22-5-6-23-14)10-7-25(8-10)16(27)15-24-11-3-1-2-4-12(11)26(15)9-17(19,20)21;16-13-12(17-5-6-18-13)9-7-21(8-9)15(22)14-19-10-3-1-2-4-11(10)20-14;3-2(4,5)1-6/h2*1-6,10H,7-9H2;1-6,9H,7-8H2,(H,19,20);1H2. The average Bonchev–Trinajstić information content (AvgIpc) is 4.32. The summed E-state index contributed by atoms with van der Waals surface area (Å²) >= 11 is 19.3. The molecular weight excluding hydrogens is 1270 g/mol. The van der Waals surface area contributed by atoms with Crippen molar-refractivity contribution in [2.24, 2.45) is 0 Å². The van der Waals surface area contributed by atoms with Gasteiger partial charge < -0.3 is 28.8 Å². The van der Waals surface area contributed by atoms with Gasteiger partial charge in [0, 0.05) is 94.2 Å². The molecule has 0 bridgehead atoms. The number of hydrogen-bond acceptors (Lipinski definition) is 12. The van der Waals surface area contributed by atoms with E-state index in [2.05, 4.69) is 49.8 Å². The number of aromatic amines is 1. The molecular formula is C51H40Cl3F9IN15O3. The zero-order valence-corrected chi connectivity index (χ0v) is 46.3. The highest BCUT2D eigenvalue weighted by atomic mass is 127. The van der Waals surface area contributed by atoms with Gasteiger partial charge in [0.2, 0.25) is 11.6 Å². The fraction of sp³-hybridized carbons (Fsp3) is 0.294. The number of likely N-dealkylation sites (tertiary alicyclic amines) is 3. The van der Waals surface area contributed by atoms with Gasteiger partial charge in [0.25, 0.3) is 17.7 Å². The van der Waals surface area contributed by atoms with Crippen molar-refractivity contribution in [1.29, 1.82) is 0 Å². The van der Waals surface area contributed by atoms with Crippen LogP contribution in [-0.4, -0.2) is 154 Å². The third kappa shape index (κ3) is 13.9. The van der Waals surface area contributed by atoms with Crippen molar-refractivity contribution in [3.05, 3.63) is 160 Å². The molecule has 428 valence electrons. The Morgan fingerprint density at radius 2 is 0.805 bits per heavy atom. The van der Waals surface area contributed by atoms with Crippen LogP contribution in [0.25, 0.3) is 33.1 Å². The van der Waals surface area contributed by atoms with Gasteiger partial charge in [0.05, 0.1) is 54.6 Å². The minimum absolute atomic E-state index is 0.101. The predicted molar refractivity (Wildman–Crippen MR) is 290 cm³/mol. The van der Waals surface area contributed by atoms with Gasteiger partial charge in [-0.2, -0.15) is 39.5 Å². The molecule has 1 N–H and O–H groups in total. The second-order valence-electron chi connectivity index (χ2n) is 18.5. The molecule has 0 spiro atoms. The molecule has 82 heavy (non-hydrogen) atoms. The van der Waals surface area contributed by atoms with Crippen LogP contribution in [0.3, 0.4) is 0 Å². The van der Waals surface area contributed by atoms with Gasteiger partial charge in [-0.05, 0) is 36.4 Å². The molecule has 31 heteroatoms. The van der Waals surface area contributed by atoms with Gasteiger partial charge in [-0.1, -0.05) is 93.8 Å². The summed E-state index contributed by atoms with van der Waals surface area (Å²) in [6, 6.07) is 20.3. The van der Waals surface area contributed by atoms with Gasteiger partial charge in [-0.3, -0.25) is 29.3 Å². The summed E-state index contributed by atoms with van der Waals surface area (Å²) in [4.78, 5) is 82.7. The molecule has 0 atom stereocenters. The van der Waals surface area contributed by atoms with E-state index in [1.165, 1.54) is 69.3 Å². The molecule has 0 radical (unpaired) electrons. The lowest BCUT2D eigenvalue weighted by molar-refractivity contribution is -0.141. The molecule has 9 heterocycles. The molecule has 3 aromatic carbocycles. The van der Waals surface area contributed by atoms with E-state index >= 15 is 0 Å². The Bertz CT molecular complexity index is 3570. The van der Waals surface area contributed by atoms with Crippen LogP contribution in [0.4, 0.5) is 39.5 Å². The molecule has 3 aliphatic heterocycles. The summed E-state index contributed by atoms with van der Waals surface area (Å²) in [6.07, 6.45) is -3.79. The number of H-pyrrole nitrogens is 1. The van der Waals surface area contributed by atoms with Crippen LogP contribution in [0, 0.1) is 0 Å². The van der Waals surface area contributed by atoms with Crippen LogP contribution in [0.1, 0.15) is 66.7 Å². The highest BCUT2D eigenvalue weighted by Gasteiger charge is 2.41. The number of halogens is 13. The topological polar surface area (TPSA) is 203 Å². The third-order valence-corrected chi connectivity index (χ3v) is 14.6. The van der Waals surface area contributed by atoms with Crippen molar-refractivity contribution in [2.75, 3.05) is 43.7 Å². The third-order valence-electron chi connectivity index (χ3n) is 12.8. The predicted octanol–water partition coefficient (Wildman–Crippen LogP) is 10.8. The lowest BCUT2D eigenvalue weighted by atomic mass is 9.96. The van der Waals surface area contributed by atoms with Crippen molar-refractivity contribution >= 4 is 108 Å². The van der Waals surface area contributed by atoms with E-state index in [1.54, 1.807) is 53.7 Å². The second-order valence-corrected chi connectivity index (χ2v) is 20.4. The van der Waals surface area contributed by atoms with E-state index in [0.717, 1.165) is 25.9 Å². The van der Waals surface area contributed by atoms with Crippen LogP contribution < -0.4 is 0 Å². The fourth-order valence-corrected chi connectivity index (χ4v) is 9.69. The molecule has 3 saturated heterocycles. The van der Waals surface area contributed by atoms with E-state index in [1.807, 2.05) is 24.3 Å². The number of carbonyl (C=O) groups excluding carboxylic acids is 3. The van der Waals surface area contributed by atoms with Crippen LogP contribution in [0.15, 0.2) is 110 Å². The zero-order chi connectivity index (χ0) is 58.7. The van der Waals surface area contributed by atoms with Crippen molar-refractivity contribution in [1.82, 2.24) is 73.7 Å². The van der Waals surface area contributed by atoms with Crippen LogP contribution in [0.2, 0.25) is 15.5 Å². The highest BCUT2D eigenvalue weighted by Crippen LogP contribution is 2.35. The Kier molecular flexibility index (Phi) is 17.8. The summed E-state index contributed by atoms with van der Waals surface area (Å²) in [5, 5.41) is 0.932. The monoisotopic (exact) mass is 1310 g/mol. The average molecular weight is 1320 g/mol. The maximum atomic E-state index is 13.0. The number of benzene rings is 3. The summed E-state index contributed by atoms with van der Waals surface area (Å²) in [6.45, 7) is -0.204. The lowest BCUT2D eigenvalue weighted by Crippen LogP contribution is -2.49. The van der Waals surface area contributed by atoms with E-state index in [4.69, 9.17) is 34.8 Å². The van der Waals surface area contributed by atoms with Crippen molar-refractivity contribution in [3.8, 4) is 0 Å². The lowest BCUT2D eigenvalue weighted by Gasteiger charge is -2.38. The molecule has 12 rings (SSSR count). The smallest absolute Gasteiger partial charge is 0.335 e. The first kappa shape index (κ1) is 59.3. The quantitative estimate of drug-likeness (QED) is 0.0858. The Morgan fingerprint density at radius 1 is 0.476 bits per heavy atom. The highest BCUT2D eigenvalue weighted by molar-refractivity contribution is 14.1. The number of aromatic nitrogens is 12. The van der Waals surface area contributed by atoms with Crippen molar-refractivity contribution in [3.63, 3.8) is 0 Å². The minimum atomic E-state index is -4.47. The fourth-order valence-electron chi connectivity index (χ4n) is 8.91. The summed E-state index contributed by atoms with van der Waals surface area (Å²) in [5.74, 6) is -1.36. The van der Waals surface area contributed by atoms with Crippen molar-refractivity contribution in [2.45, 2.75) is 49.4 Å². The van der Waals surface area contributed by atoms with Gasteiger partial charge in [0.15, 0.2) is 21.3 Å². The molecule has 3 amide bonds. The van der Waals surface area contributed by atoms with Crippen LogP contribution in [0.5, 0.6) is 0 Å². The van der Waals surface area contributed by atoms with Gasteiger partial charge in [-0.25, -0.2) is 29.9 Å². The number of rotatable bonds is 8. The molecule has 0 saturated carbocycles. The number of nitrogens with zero attached hydrogens (tertiary/aromatic N) is 14. The van der Waals surface area contributed by atoms with Gasteiger partial charge in [-0.15, -0.1) is 0 Å². The largest absolute Gasteiger partial charge is 0.406 e. The molecule has 9 aromatic rings. The number of nitrogens with one attached hydrogen (secondary N) is 1. The number of amides is 3. The van der Waals surface area contributed by atoms with Gasteiger partial charge >= 0.3 is 18.5 Å². The first-order chi connectivity index (χ1) is 38.9. The zero-order valence-electron chi connectivity index (χ0n) is 41.9. The number of imidazole rings is 3. The number of fused-ring (bicyclic) bond motifs is 3. The van der Waals surface area contributed by atoms with Crippen molar-refractivity contribution < 1.29 is 53.9 Å². The van der Waals surface area contributed by atoms with Gasteiger partial charge in [0.1, 0.15) is 13.1 Å². The minimum Gasteiger partial charge on any atom is -0.335 e. The summed E-state index contributed by atoms with van der Waals surface area (Å²) in [7, 11) is 0. The van der Waals surface area contributed by atoms with E-state index < -0.39 is 47.9 Å². The Labute approximate surface area is 486 Å². The Balaban J connectivity index is 0.000000142. The first-order valence-corrected chi connectivity index (χ1v) is 27.0. The van der Waals surface area contributed by atoms with Crippen LogP contribution >= 0.6 is 57.4 Å². The Hall–Kier alpha value is -7.31. The molecule has 3 fully saturated rings. The molecule has 18 nitrogen and oxygen atoms in total. The number of alkyl halides is 10. The SMILES string of the molecule is FC(F)(F)CI.O=C(c1nc2ccccc2[nH]1)N1CC(c2nccnc2Cl)C1.O=C(c1nc2ccccc2n1CC(F)(F)F)N1CC(c2nccnc2Cl)C1.O=C(c1nc2ccccc2n1CC(F)(F)F)N1CC(c2nccnc2Cl)C1. The van der Waals surface area contributed by atoms with Crippen LogP contribution in [-0.2, 0) is 13.1 Å². The maximum absolute atomic E-state index is 13.0. The molecule has 6 aromatic heterocycles. The van der Waals surface area contributed by atoms with E-state index in [0.29, 0.717) is 72.7 Å². The Morgan fingerprint density at radius 3 is 1.15 bits per heavy atom. The second kappa shape index (κ2) is 24.6. The van der Waals surface area contributed by atoms with E-state index in [9.17, 15) is 53.9 Å². The molecule has 3 aliphatic rings. The number of carbonyl (C=O) groups is 3. The molecule has 0 aliphatic carbocycles. The van der Waals surface area contributed by atoms with E-state index in [-0.39, 0.29) is 56.6 Å². The summed E-state index contributed by atoms with van der Waals surface area (Å²) in [5.41, 5.74) is 4.79.